The van der Waals surface area contributed by atoms with Crippen LogP contribution in [-0.2, 0) is 4.74 Å². The SMILES string of the molecule is COCC1CC1.O=c1[nH]cc(-c2ccc3nccn3n2)c(=O)[nH]1. The van der Waals surface area contributed by atoms with Crippen molar-refractivity contribution in [2.45, 2.75) is 12.8 Å². The van der Waals surface area contributed by atoms with Crippen molar-refractivity contribution in [3.63, 3.8) is 0 Å². The molecule has 0 spiro atoms. The summed E-state index contributed by atoms with van der Waals surface area (Å²) in [4.78, 5) is 31.1. The maximum Gasteiger partial charge on any atom is 0.325 e. The molecule has 1 saturated carbocycles. The Labute approximate surface area is 131 Å². The molecule has 120 valence electrons. The van der Waals surface area contributed by atoms with Crippen LogP contribution >= 0.6 is 0 Å². The van der Waals surface area contributed by atoms with E-state index in [2.05, 4.69) is 20.1 Å². The second-order valence-corrected chi connectivity index (χ2v) is 5.33. The summed E-state index contributed by atoms with van der Waals surface area (Å²) in [7, 11) is 1.76. The molecule has 0 radical (unpaired) electrons. The predicted octanol–water partition coefficient (Wildman–Crippen LogP) is 0.816. The van der Waals surface area contributed by atoms with Gasteiger partial charge in [-0.05, 0) is 30.9 Å². The van der Waals surface area contributed by atoms with Gasteiger partial charge in [-0.3, -0.25) is 9.78 Å². The molecule has 23 heavy (non-hydrogen) atoms. The molecule has 0 atom stereocenters. The molecule has 0 bridgehead atoms. The molecule has 0 aromatic carbocycles. The highest BCUT2D eigenvalue weighted by Gasteiger charge is 2.19. The Morgan fingerprint density at radius 1 is 1.35 bits per heavy atom. The number of nitrogens with one attached hydrogen (secondary N) is 2. The maximum absolute atomic E-state index is 11.6. The van der Waals surface area contributed by atoms with E-state index in [9.17, 15) is 9.59 Å². The van der Waals surface area contributed by atoms with Crippen LogP contribution in [0.1, 0.15) is 12.8 Å². The Balaban J connectivity index is 0.000000220. The minimum atomic E-state index is -0.539. The van der Waals surface area contributed by atoms with E-state index in [-0.39, 0.29) is 0 Å². The number of hydrogen-bond acceptors (Lipinski definition) is 5. The third-order valence-corrected chi connectivity index (χ3v) is 3.45. The van der Waals surface area contributed by atoms with Gasteiger partial charge < -0.3 is 9.72 Å². The zero-order valence-corrected chi connectivity index (χ0v) is 12.7. The van der Waals surface area contributed by atoms with Gasteiger partial charge in [-0.2, -0.15) is 5.10 Å². The number of imidazole rings is 1. The molecule has 4 rings (SSSR count). The highest BCUT2D eigenvalue weighted by atomic mass is 16.5. The van der Waals surface area contributed by atoms with Gasteiger partial charge in [0.1, 0.15) is 0 Å². The molecule has 2 N–H and O–H groups in total. The minimum Gasteiger partial charge on any atom is -0.384 e. The van der Waals surface area contributed by atoms with Crippen molar-refractivity contribution in [1.29, 1.82) is 0 Å². The number of fused-ring (bicyclic) bond motifs is 1. The number of rotatable bonds is 3. The lowest BCUT2D eigenvalue weighted by molar-refractivity contribution is 0.186. The van der Waals surface area contributed by atoms with Crippen molar-refractivity contribution in [3.8, 4) is 11.3 Å². The predicted molar refractivity (Wildman–Crippen MR) is 84.3 cm³/mol. The molecule has 0 unspecified atom stereocenters. The Morgan fingerprint density at radius 3 is 2.83 bits per heavy atom. The van der Waals surface area contributed by atoms with Crippen molar-refractivity contribution in [2.24, 2.45) is 5.92 Å². The monoisotopic (exact) mass is 315 g/mol. The van der Waals surface area contributed by atoms with Crippen LogP contribution in [0.4, 0.5) is 0 Å². The highest BCUT2D eigenvalue weighted by Crippen LogP contribution is 2.28. The number of H-pyrrole nitrogens is 2. The fourth-order valence-corrected chi connectivity index (χ4v) is 2.08. The molecule has 8 heteroatoms. The molecule has 1 fully saturated rings. The Morgan fingerprint density at radius 2 is 2.17 bits per heavy atom. The molecule has 3 heterocycles. The fourth-order valence-electron chi connectivity index (χ4n) is 2.08. The summed E-state index contributed by atoms with van der Waals surface area (Å²) < 4.78 is 6.42. The fraction of sp³-hybridized carbons (Fsp3) is 0.333. The quantitative estimate of drug-likeness (QED) is 0.744. The van der Waals surface area contributed by atoms with Gasteiger partial charge in [-0.15, -0.1) is 0 Å². The summed E-state index contributed by atoms with van der Waals surface area (Å²) in [5.74, 6) is 0.926. The second kappa shape index (κ2) is 6.57. The van der Waals surface area contributed by atoms with Crippen molar-refractivity contribution in [3.05, 3.63) is 51.6 Å². The van der Waals surface area contributed by atoms with Crippen LogP contribution in [0.3, 0.4) is 0 Å². The first-order valence-corrected chi connectivity index (χ1v) is 7.29. The van der Waals surface area contributed by atoms with Crippen LogP contribution in [-0.4, -0.2) is 38.3 Å². The van der Waals surface area contributed by atoms with E-state index in [0.29, 0.717) is 16.9 Å². The van der Waals surface area contributed by atoms with Gasteiger partial charge in [-0.1, -0.05) is 0 Å². The molecule has 1 aliphatic rings. The summed E-state index contributed by atoms with van der Waals surface area (Å²) in [5, 5.41) is 4.21. The van der Waals surface area contributed by atoms with Gasteiger partial charge in [0.2, 0.25) is 0 Å². The molecule has 8 nitrogen and oxygen atoms in total. The zero-order chi connectivity index (χ0) is 16.2. The minimum absolute atomic E-state index is 0.306. The first-order valence-electron chi connectivity index (χ1n) is 7.29. The molecule has 0 aliphatic heterocycles. The molecular weight excluding hydrogens is 298 g/mol. The van der Waals surface area contributed by atoms with Gasteiger partial charge in [0.25, 0.3) is 5.56 Å². The average molecular weight is 315 g/mol. The molecule has 3 aromatic rings. The van der Waals surface area contributed by atoms with Crippen LogP contribution in [0.5, 0.6) is 0 Å². The average Bonchev–Trinajstić information content (AvgIpc) is 3.23. The van der Waals surface area contributed by atoms with Crippen LogP contribution < -0.4 is 11.2 Å². The molecular formula is C15H17N5O3. The van der Waals surface area contributed by atoms with Crippen LogP contribution in [0.15, 0.2) is 40.3 Å². The largest absolute Gasteiger partial charge is 0.384 e. The van der Waals surface area contributed by atoms with Gasteiger partial charge in [0.15, 0.2) is 5.65 Å². The molecule has 3 aromatic heterocycles. The standard InChI is InChI=1S/C10H7N5O2.C5H10O/c16-9-6(5-12-10(17)13-9)7-1-2-8-11-3-4-15(8)14-7;1-6-4-5-2-3-5/h1-5H,(H2,12,13,16,17);5H,2-4H2,1H3. The third kappa shape index (κ3) is 3.72. The first-order chi connectivity index (χ1) is 11.2. The maximum atomic E-state index is 11.6. The van der Waals surface area contributed by atoms with E-state index in [0.717, 1.165) is 12.5 Å². The third-order valence-electron chi connectivity index (χ3n) is 3.45. The van der Waals surface area contributed by atoms with Gasteiger partial charge in [0, 0.05) is 32.3 Å². The number of aromatic amines is 2. The lowest BCUT2D eigenvalue weighted by atomic mass is 10.2. The van der Waals surface area contributed by atoms with E-state index in [4.69, 9.17) is 4.74 Å². The Hall–Kier alpha value is -2.74. The normalized spacial score (nSPS) is 13.6. The van der Waals surface area contributed by atoms with Gasteiger partial charge in [0.05, 0.1) is 11.3 Å². The van der Waals surface area contributed by atoms with Crippen molar-refractivity contribution < 1.29 is 4.74 Å². The Bertz CT molecular complexity index is 907. The van der Waals surface area contributed by atoms with E-state index in [1.807, 2.05) is 0 Å². The van der Waals surface area contributed by atoms with Gasteiger partial charge in [-0.25, -0.2) is 14.3 Å². The van der Waals surface area contributed by atoms with Crippen molar-refractivity contribution >= 4 is 5.65 Å². The van der Waals surface area contributed by atoms with Gasteiger partial charge >= 0.3 is 5.69 Å². The number of aromatic nitrogens is 5. The summed E-state index contributed by atoms with van der Waals surface area (Å²) >= 11 is 0. The van der Waals surface area contributed by atoms with Crippen molar-refractivity contribution in [1.82, 2.24) is 24.6 Å². The van der Waals surface area contributed by atoms with E-state index < -0.39 is 11.2 Å². The van der Waals surface area contributed by atoms with Crippen molar-refractivity contribution in [2.75, 3.05) is 13.7 Å². The van der Waals surface area contributed by atoms with E-state index >= 15 is 0 Å². The summed E-state index contributed by atoms with van der Waals surface area (Å²) in [6.45, 7) is 0.986. The van der Waals surface area contributed by atoms with Crippen LogP contribution in [0.2, 0.25) is 0 Å². The van der Waals surface area contributed by atoms with E-state index in [1.54, 1.807) is 36.2 Å². The zero-order valence-electron chi connectivity index (χ0n) is 12.7. The summed E-state index contributed by atoms with van der Waals surface area (Å²) in [6, 6.07) is 3.41. The lowest BCUT2D eigenvalue weighted by Gasteiger charge is -1.99. The smallest absolute Gasteiger partial charge is 0.325 e. The summed E-state index contributed by atoms with van der Waals surface area (Å²) in [6.07, 6.45) is 7.43. The van der Waals surface area contributed by atoms with Crippen LogP contribution in [0.25, 0.3) is 16.9 Å². The first kappa shape index (κ1) is 15.2. The number of hydrogen-bond donors (Lipinski definition) is 2. The molecule has 1 aliphatic carbocycles. The Kier molecular flexibility index (Phi) is 4.33. The molecule has 0 saturated heterocycles. The number of nitrogens with zero attached hydrogens (tertiary/aromatic N) is 3. The topological polar surface area (TPSA) is 105 Å². The van der Waals surface area contributed by atoms with Crippen LogP contribution in [0, 0.1) is 5.92 Å². The number of ether oxygens (including phenoxy) is 1. The second-order valence-electron chi connectivity index (χ2n) is 5.33. The highest BCUT2D eigenvalue weighted by molar-refractivity contribution is 5.57. The summed E-state index contributed by atoms with van der Waals surface area (Å²) in [5.41, 5.74) is 0.450. The number of methoxy groups -OCH3 is 1. The lowest BCUT2D eigenvalue weighted by Crippen LogP contribution is -2.22. The molecule has 0 amide bonds. The van der Waals surface area contributed by atoms with E-state index in [1.165, 1.54) is 19.0 Å².